The Labute approximate surface area is 149 Å². The number of nitrogens with zero attached hydrogens (tertiary/aromatic N) is 2. The quantitative estimate of drug-likeness (QED) is 0.655. The van der Waals surface area contributed by atoms with E-state index < -0.39 is 0 Å². The van der Waals surface area contributed by atoms with Crippen molar-refractivity contribution in [3.63, 3.8) is 0 Å². The predicted octanol–water partition coefficient (Wildman–Crippen LogP) is 4.43. The van der Waals surface area contributed by atoms with Crippen molar-refractivity contribution in [3.05, 3.63) is 95.8 Å². The van der Waals surface area contributed by atoms with E-state index in [4.69, 9.17) is 0 Å². The Kier molecular flexibility index (Phi) is 5.34. The zero-order chi connectivity index (χ0) is 17.6. The Morgan fingerprint density at radius 1 is 1.00 bits per heavy atom. The molecule has 3 aromatic rings. The second-order valence-corrected chi connectivity index (χ2v) is 6.50. The molecule has 0 aliphatic carbocycles. The van der Waals surface area contributed by atoms with Crippen molar-refractivity contribution in [1.29, 1.82) is 0 Å². The minimum atomic E-state index is 0.0145. The van der Waals surface area contributed by atoms with Gasteiger partial charge in [0, 0.05) is 26.0 Å². The first-order valence-electron chi connectivity index (χ1n) is 8.60. The molecule has 0 bridgehead atoms. The number of hydrogen-bond acceptors (Lipinski definition) is 1. The number of benzene rings is 2. The number of carbonyl (C=O) groups excluding carboxylic acids is 1. The lowest BCUT2D eigenvalue weighted by atomic mass is 10.0. The van der Waals surface area contributed by atoms with Gasteiger partial charge in [0.1, 0.15) is 0 Å². The van der Waals surface area contributed by atoms with Crippen molar-refractivity contribution in [2.24, 2.45) is 0 Å². The molecule has 0 saturated carbocycles. The number of amides is 1. The van der Waals surface area contributed by atoms with Crippen LogP contribution in [0.15, 0.2) is 79.1 Å². The van der Waals surface area contributed by atoms with Gasteiger partial charge in [-0.1, -0.05) is 60.2 Å². The Bertz CT molecular complexity index is 809. The fraction of sp³-hybridized carbons (Fsp3) is 0.227. The predicted molar refractivity (Wildman–Crippen MR) is 101 cm³/mol. The van der Waals surface area contributed by atoms with Crippen LogP contribution in [-0.4, -0.2) is 22.4 Å². The summed E-state index contributed by atoms with van der Waals surface area (Å²) in [5.41, 5.74) is 3.52. The zero-order valence-corrected chi connectivity index (χ0v) is 14.8. The van der Waals surface area contributed by atoms with E-state index in [2.05, 4.69) is 35.8 Å². The van der Waals surface area contributed by atoms with Crippen molar-refractivity contribution < 1.29 is 4.79 Å². The highest BCUT2D eigenvalue weighted by atomic mass is 16.2. The highest BCUT2D eigenvalue weighted by molar-refractivity contribution is 5.76. The fourth-order valence-corrected chi connectivity index (χ4v) is 3.10. The summed E-state index contributed by atoms with van der Waals surface area (Å²) in [6.07, 6.45) is 4.50. The van der Waals surface area contributed by atoms with Gasteiger partial charge >= 0.3 is 0 Å². The van der Waals surface area contributed by atoms with E-state index in [1.807, 2.05) is 66.8 Å². The smallest absolute Gasteiger partial charge is 0.225 e. The summed E-state index contributed by atoms with van der Waals surface area (Å²) in [7, 11) is 1.87. The van der Waals surface area contributed by atoms with Crippen LogP contribution in [0.1, 0.15) is 29.2 Å². The largest absolute Gasteiger partial charge is 0.346 e. The summed E-state index contributed by atoms with van der Waals surface area (Å²) in [5.74, 6) is 0.143. The molecule has 1 heterocycles. The van der Waals surface area contributed by atoms with Crippen LogP contribution in [0.5, 0.6) is 0 Å². The van der Waals surface area contributed by atoms with Gasteiger partial charge in [0.15, 0.2) is 0 Å². The van der Waals surface area contributed by atoms with E-state index in [0.717, 1.165) is 11.1 Å². The van der Waals surface area contributed by atoms with Crippen LogP contribution in [0, 0.1) is 6.92 Å². The number of carbonyl (C=O) groups is 1. The van der Waals surface area contributed by atoms with Crippen LogP contribution in [0.2, 0.25) is 0 Å². The summed E-state index contributed by atoms with van der Waals surface area (Å²) < 4.78 is 2.11. The molecule has 0 saturated heterocycles. The maximum absolute atomic E-state index is 12.8. The molecule has 3 heteroatoms. The Hall–Kier alpha value is -2.81. The summed E-state index contributed by atoms with van der Waals surface area (Å²) >= 11 is 0. The van der Waals surface area contributed by atoms with Gasteiger partial charge in [0.2, 0.25) is 5.91 Å². The normalized spacial score (nSPS) is 11.9. The molecule has 1 amide bonds. The van der Waals surface area contributed by atoms with E-state index in [1.165, 1.54) is 5.56 Å². The first kappa shape index (κ1) is 17.0. The zero-order valence-electron chi connectivity index (χ0n) is 14.8. The lowest BCUT2D eigenvalue weighted by Gasteiger charge is -2.24. The van der Waals surface area contributed by atoms with Crippen LogP contribution >= 0.6 is 0 Å². The van der Waals surface area contributed by atoms with Crippen LogP contribution in [0.25, 0.3) is 0 Å². The van der Waals surface area contributed by atoms with Gasteiger partial charge in [-0.05, 0) is 30.2 Å². The molecule has 3 rings (SSSR count). The van der Waals surface area contributed by atoms with Crippen molar-refractivity contribution in [1.82, 2.24) is 9.47 Å². The molecular weight excluding hydrogens is 308 g/mol. The van der Waals surface area contributed by atoms with Crippen molar-refractivity contribution in [2.75, 3.05) is 7.05 Å². The summed E-state index contributed by atoms with van der Waals surface area (Å²) in [4.78, 5) is 14.6. The van der Waals surface area contributed by atoms with E-state index in [9.17, 15) is 4.79 Å². The standard InChI is InChI=1S/C22H24N2O/c1-18-9-8-12-20(15-18)21(24-13-6-7-14-24)16-22(25)23(2)17-19-10-4-3-5-11-19/h3-15,21H,16-17H2,1-2H3/t21-/m1/s1. The maximum atomic E-state index is 12.8. The molecular formula is C22H24N2O. The van der Waals surface area contributed by atoms with Crippen molar-refractivity contribution in [2.45, 2.75) is 25.9 Å². The van der Waals surface area contributed by atoms with Crippen LogP contribution in [0.3, 0.4) is 0 Å². The Morgan fingerprint density at radius 3 is 2.40 bits per heavy atom. The second kappa shape index (κ2) is 7.84. The average molecular weight is 332 g/mol. The fourth-order valence-electron chi connectivity index (χ4n) is 3.10. The topological polar surface area (TPSA) is 25.2 Å². The van der Waals surface area contributed by atoms with Crippen LogP contribution < -0.4 is 0 Å². The summed E-state index contributed by atoms with van der Waals surface area (Å²) in [6.45, 7) is 2.71. The minimum absolute atomic E-state index is 0.0145. The Morgan fingerprint density at radius 2 is 1.72 bits per heavy atom. The molecule has 0 aliphatic heterocycles. The molecule has 0 spiro atoms. The van der Waals surface area contributed by atoms with E-state index >= 15 is 0 Å². The summed E-state index contributed by atoms with van der Waals surface area (Å²) in [5, 5.41) is 0. The molecule has 25 heavy (non-hydrogen) atoms. The van der Waals surface area contributed by atoms with Gasteiger partial charge in [-0.3, -0.25) is 4.79 Å². The monoisotopic (exact) mass is 332 g/mol. The first-order chi connectivity index (χ1) is 12.1. The van der Waals surface area contributed by atoms with E-state index in [0.29, 0.717) is 13.0 Å². The average Bonchev–Trinajstić information content (AvgIpc) is 3.14. The van der Waals surface area contributed by atoms with Gasteiger partial charge in [0.25, 0.3) is 0 Å². The number of aromatic nitrogens is 1. The van der Waals surface area contributed by atoms with Gasteiger partial charge in [0.05, 0.1) is 12.5 Å². The van der Waals surface area contributed by atoms with Crippen molar-refractivity contribution in [3.8, 4) is 0 Å². The molecule has 0 aliphatic rings. The first-order valence-corrected chi connectivity index (χ1v) is 8.60. The molecule has 1 aromatic heterocycles. The lowest BCUT2D eigenvalue weighted by molar-refractivity contribution is -0.131. The number of rotatable bonds is 6. The molecule has 128 valence electrons. The molecule has 0 radical (unpaired) electrons. The summed E-state index contributed by atoms with van der Waals surface area (Å²) in [6, 6.07) is 22.5. The number of hydrogen-bond donors (Lipinski definition) is 0. The van der Waals surface area contributed by atoms with Crippen molar-refractivity contribution >= 4 is 5.91 Å². The maximum Gasteiger partial charge on any atom is 0.225 e. The lowest BCUT2D eigenvalue weighted by Crippen LogP contribution is -2.29. The van der Waals surface area contributed by atoms with E-state index in [1.54, 1.807) is 0 Å². The molecule has 0 N–H and O–H groups in total. The molecule has 1 atom stereocenters. The Balaban J connectivity index is 1.77. The van der Waals surface area contributed by atoms with E-state index in [-0.39, 0.29) is 11.9 Å². The molecule has 2 aromatic carbocycles. The SMILES string of the molecule is Cc1cccc([C@@H](CC(=O)N(C)Cc2ccccc2)n2cccc2)c1. The van der Waals surface area contributed by atoms with Crippen LogP contribution in [-0.2, 0) is 11.3 Å². The minimum Gasteiger partial charge on any atom is -0.346 e. The molecule has 0 fully saturated rings. The van der Waals surface area contributed by atoms with Gasteiger partial charge in [-0.15, -0.1) is 0 Å². The van der Waals surface area contributed by atoms with Crippen LogP contribution in [0.4, 0.5) is 0 Å². The molecule has 0 unspecified atom stereocenters. The van der Waals surface area contributed by atoms with Gasteiger partial charge < -0.3 is 9.47 Å². The highest BCUT2D eigenvalue weighted by Crippen LogP contribution is 2.24. The molecule has 3 nitrogen and oxygen atoms in total. The van der Waals surface area contributed by atoms with Gasteiger partial charge in [-0.2, -0.15) is 0 Å². The van der Waals surface area contributed by atoms with Gasteiger partial charge in [-0.25, -0.2) is 0 Å². The third kappa shape index (κ3) is 4.38. The highest BCUT2D eigenvalue weighted by Gasteiger charge is 2.20. The third-order valence-electron chi connectivity index (χ3n) is 4.47. The number of aryl methyl sites for hydroxylation is 1. The second-order valence-electron chi connectivity index (χ2n) is 6.50. The third-order valence-corrected chi connectivity index (χ3v) is 4.47.